The highest BCUT2D eigenvalue weighted by atomic mass is 32.1. The van der Waals surface area contributed by atoms with Crippen molar-refractivity contribution in [3.63, 3.8) is 0 Å². The highest BCUT2D eigenvalue weighted by Crippen LogP contribution is 2.54. The van der Waals surface area contributed by atoms with Gasteiger partial charge >= 0.3 is 0 Å². The van der Waals surface area contributed by atoms with Crippen molar-refractivity contribution in [2.75, 3.05) is 0 Å². The van der Waals surface area contributed by atoms with Gasteiger partial charge in [-0.3, -0.25) is 0 Å². The van der Waals surface area contributed by atoms with Crippen LogP contribution in [0.1, 0.15) is 78.3 Å². The molecule has 55 heavy (non-hydrogen) atoms. The van der Waals surface area contributed by atoms with E-state index in [1.807, 2.05) is 11.3 Å². The molecule has 1 unspecified atom stereocenters. The van der Waals surface area contributed by atoms with Gasteiger partial charge in [-0.2, -0.15) is 0 Å². The second-order valence-corrected chi connectivity index (χ2v) is 17.9. The predicted molar refractivity (Wildman–Crippen MR) is 237 cm³/mol. The molecule has 0 saturated carbocycles. The first-order chi connectivity index (χ1) is 26.9. The van der Waals surface area contributed by atoms with Gasteiger partial charge in [0.1, 0.15) is 0 Å². The lowest BCUT2D eigenvalue weighted by molar-refractivity contribution is 0.539. The maximum absolute atomic E-state index is 2.53. The Kier molecular flexibility index (Phi) is 7.52. The van der Waals surface area contributed by atoms with Crippen LogP contribution in [0, 0.1) is 5.92 Å². The smallest absolute Gasteiger partial charge is 0.0541 e. The van der Waals surface area contributed by atoms with Crippen molar-refractivity contribution in [2.24, 2.45) is 5.92 Å². The van der Waals surface area contributed by atoms with E-state index in [0.29, 0.717) is 5.92 Å². The lowest BCUT2D eigenvalue weighted by atomic mass is 9.80. The number of fused-ring (bicyclic) bond motifs is 11. The molecular formula is C53H45NS. The summed E-state index contributed by atoms with van der Waals surface area (Å²) < 4.78 is 3.96. The number of aromatic nitrogens is 1. The summed E-state index contributed by atoms with van der Waals surface area (Å²) in [5.41, 5.74) is 19.1. The summed E-state index contributed by atoms with van der Waals surface area (Å²) in [6.07, 6.45) is 14.0. The van der Waals surface area contributed by atoms with Gasteiger partial charge in [0.05, 0.1) is 11.0 Å². The molecule has 0 spiro atoms. The second-order valence-electron chi connectivity index (χ2n) is 16.8. The topological polar surface area (TPSA) is 4.93 Å². The lowest BCUT2D eigenvalue weighted by Crippen LogP contribution is -2.16. The van der Waals surface area contributed by atoms with E-state index in [9.17, 15) is 0 Å². The molecule has 3 aliphatic carbocycles. The van der Waals surface area contributed by atoms with Gasteiger partial charge in [-0.25, -0.2) is 0 Å². The third-order valence-corrected chi connectivity index (χ3v) is 14.3. The Morgan fingerprint density at radius 3 is 2.27 bits per heavy atom. The molecule has 2 heterocycles. The molecule has 0 saturated heterocycles. The van der Waals surface area contributed by atoms with E-state index < -0.39 is 0 Å². The average Bonchev–Trinajstić information content (AvgIpc) is 3.84. The van der Waals surface area contributed by atoms with Crippen molar-refractivity contribution >= 4 is 54.9 Å². The van der Waals surface area contributed by atoms with Crippen LogP contribution >= 0.6 is 11.3 Å². The van der Waals surface area contributed by atoms with E-state index >= 15 is 0 Å². The molecule has 6 aromatic carbocycles. The monoisotopic (exact) mass is 727 g/mol. The number of nitrogens with zero attached hydrogens (tertiary/aromatic N) is 1. The van der Waals surface area contributed by atoms with Crippen LogP contribution in [0.4, 0.5) is 0 Å². The summed E-state index contributed by atoms with van der Waals surface area (Å²) >= 11 is 2.00. The number of thiophene rings is 1. The van der Waals surface area contributed by atoms with Crippen molar-refractivity contribution in [3.05, 3.63) is 172 Å². The zero-order chi connectivity index (χ0) is 36.8. The molecule has 0 N–H and O–H groups in total. The Morgan fingerprint density at radius 1 is 0.691 bits per heavy atom. The third kappa shape index (κ3) is 5.18. The summed E-state index contributed by atoms with van der Waals surface area (Å²) in [4.78, 5) is 1.54. The van der Waals surface area contributed by atoms with E-state index in [2.05, 4.69) is 165 Å². The van der Waals surface area contributed by atoms with E-state index in [1.54, 1.807) is 4.88 Å². The number of aryl methyl sites for hydroxylation is 1. The molecule has 2 heteroatoms. The Bertz CT molecular complexity index is 2910. The van der Waals surface area contributed by atoms with Crippen LogP contribution in [0.5, 0.6) is 0 Å². The van der Waals surface area contributed by atoms with Crippen LogP contribution in [0.25, 0.3) is 71.5 Å². The first kappa shape index (κ1) is 32.9. The van der Waals surface area contributed by atoms with E-state index in [1.165, 1.54) is 105 Å². The predicted octanol–water partition coefficient (Wildman–Crippen LogP) is 14.5. The minimum atomic E-state index is -0.119. The summed E-state index contributed by atoms with van der Waals surface area (Å²) in [7, 11) is 0. The lowest BCUT2D eigenvalue weighted by Gasteiger charge is -2.24. The van der Waals surface area contributed by atoms with E-state index in [-0.39, 0.29) is 5.41 Å². The second kappa shape index (κ2) is 12.5. The zero-order valence-electron chi connectivity index (χ0n) is 32.0. The Balaban J connectivity index is 1.09. The molecule has 0 bridgehead atoms. The van der Waals surface area contributed by atoms with Crippen LogP contribution in [-0.2, 0) is 24.7 Å². The molecule has 8 aromatic rings. The van der Waals surface area contributed by atoms with Crippen LogP contribution in [0.15, 0.2) is 133 Å². The molecule has 0 radical (unpaired) electrons. The van der Waals surface area contributed by atoms with Crippen LogP contribution in [-0.4, -0.2) is 4.57 Å². The minimum absolute atomic E-state index is 0.119. The van der Waals surface area contributed by atoms with Crippen molar-refractivity contribution in [2.45, 2.75) is 64.7 Å². The highest BCUT2D eigenvalue weighted by Gasteiger charge is 2.38. The van der Waals surface area contributed by atoms with Gasteiger partial charge in [0.2, 0.25) is 0 Å². The Labute approximate surface area is 328 Å². The molecule has 0 aliphatic heterocycles. The molecule has 2 aromatic heterocycles. The molecule has 0 amide bonds. The first-order valence-electron chi connectivity index (χ1n) is 20.2. The van der Waals surface area contributed by atoms with Gasteiger partial charge in [-0.05, 0) is 148 Å². The fourth-order valence-corrected chi connectivity index (χ4v) is 11.4. The normalized spacial score (nSPS) is 18.2. The van der Waals surface area contributed by atoms with Crippen molar-refractivity contribution < 1.29 is 0 Å². The van der Waals surface area contributed by atoms with Gasteiger partial charge in [0.25, 0.3) is 0 Å². The number of benzene rings is 6. The highest BCUT2D eigenvalue weighted by molar-refractivity contribution is 7.19. The molecule has 1 nitrogen and oxygen atoms in total. The number of rotatable bonds is 3. The van der Waals surface area contributed by atoms with E-state index in [4.69, 9.17) is 0 Å². The molecule has 3 aliphatic rings. The summed E-state index contributed by atoms with van der Waals surface area (Å²) in [6, 6.07) is 46.4. The average molecular weight is 728 g/mol. The fraction of sp³-hybridized carbons (Fsp3) is 0.208. The van der Waals surface area contributed by atoms with Crippen LogP contribution in [0.2, 0.25) is 0 Å². The molecule has 11 rings (SSSR count). The maximum atomic E-state index is 2.53. The number of allylic oxidation sites excluding steroid dienone is 3. The summed E-state index contributed by atoms with van der Waals surface area (Å²) in [6.45, 7) is 7.32. The molecule has 268 valence electrons. The van der Waals surface area contributed by atoms with Crippen LogP contribution < -0.4 is 0 Å². The zero-order valence-corrected chi connectivity index (χ0v) is 32.8. The van der Waals surface area contributed by atoms with Crippen molar-refractivity contribution in [1.29, 1.82) is 0 Å². The largest absolute Gasteiger partial charge is 0.309 e. The van der Waals surface area contributed by atoms with E-state index in [0.717, 1.165) is 32.1 Å². The van der Waals surface area contributed by atoms with Crippen LogP contribution in [0.3, 0.4) is 0 Å². The van der Waals surface area contributed by atoms with Gasteiger partial charge in [0, 0.05) is 36.8 Å². The molecule has 0 fully saturated rings. The quantitative estimate of drug-likeness (QED) is 0.171. The van der Waals surface area contributed by atoms with Gasteiger partial charge in [-0.1, -0.05) is 118 Å². The molecule has 1 atom stereocenters. The standard InChI is InChI=1S/C53H45NS/c1-33-17-18-36(20-19-35-13-7-8-14-37(35)29-33)39-22-27-48-45(31-39)44-30-38(34-11-5-4-6-12-34)21-26-47(44)54(48)40-23-24-41-42-25-28-50-51(43-15-9-10-16-49(43)55-50)52(42)53(2,3)46(41)32-40/h4-9,11-15,20-28,30-33H,10,16-19,29H2,1-3H3/b36-20+. The fourth-order valence-electron chi connectivity index (χ4n) is 10.2. The minimum Gasteiger partial charge on any atom is -0.309 e. The van der Waals surface area contributed by atoms with Gasteiger partial charge in [0.15, 0.2) is 0 Å². The maximum Gasteiger partial charge on any atom is 0.0541 e. The Hall–Kier alpha value is -5.44. The summed E-state index contributed by atoms with van der Waals surface area (Å²) in [5.74, 6) is 0.648. The van der Waals surface area contributed by atoms with Gasteiger partial charge < -0.3 is 4.57 Å². The number of hydrogen-bond acceptors (Lipinski definition) is 1. The summed E-state index contributed by atoms with van der Waals surface area (Å²) in [5, 5.41) is 4.11. The SMILES string of the molecule is CC1CC/C(c2ccc3c(c2)c2cc(-c4ccccc4)ccc2n3-c2ccc3c(c2)C(C)(C)c2c-3ccc3sc4c(c23)C=CCC4)=C\Cc2ccccc2C1. The third-order valence-electron chi connectivity index (χ3n) is 13.0. The Morgan fingerprint density at radius 2 is 1.44 bits per heavy atom. The molecular weight excluding hydrogens is 683 g/mol. The van der Waals surface area contributed by atoms with Crippen molar-refractivity contribution in [3.8, 4) is 27.9 Å². The van der Waals surface area contributed by atoms with Gasteiger partial charge in [-0.15, -0.1) is 11.3 Å². The first-order valence-corrected chi connectivity index (χ1v) is 21.0. The van der Waals surface area contributed by atoms with Crippen molar-refractivity contribution in [1.82, 2.24) is 4.57 Å². The number of hydrogen-bond donors (Lipinski definition) is 0.